The Hall–Kier alpha value is -1.93. The van der Waals surface area contributed by atoms with Gasteiger partial charge in [-0.15, -0.1) is 0 Å². The maximum Gasteiger partial charge on any atom is 0.325 e. The van der Waals surface area contributed by atoms with Crippen LogP contribution in [-0.4, -0.2) is 65.1 Å². The summed E-state index contributed by atoms with van der Waals surface area (Å²) >= 11 is 0. The van der Waals surface area contributed by atoms with Crippen molar-refractivity contribution in [2.75, 3.05) is 39.4 Å². The molecule has 1 amide bonds. The smallest absolute Gasteiger partial charge is 0.325 e. The van der Waals surface area contributed by atoms with Crippen LogP contribution in [0.3, 0.4) is 0 Å². The number of nitrogens with zero attached hydrogens (tertiary/aromatic N) is 2. The number of aromatic nitrogens is 2. The van der Waals surface area contributed by atoms with Gasteiger partial charge in [0.05, 0.1) is 19.1 Å². The van der Waals surface area contributed by atoms with Gasteiger partial charge in [0.15, 0.2) is 0 Å². The second-order valence-corrected chi connectivity index (χ2v) is 6.12. The van der Waals surface area contributed by atoms with Crippen molar-refractivity contribution in [1.29, 1.82) is 0 Å². The van der Waals surface area contributed by atoms with Gasteiger partial charge in [-0.2, -0.15) is 0 Å². The first-order valence-corrected chi connectivity index (χ1v) is 8.03. The predicted octanol–water partition coefficient (Wildman–Crippen LogP) is -0.866. The van der Waals surface area contributed by atoms with E-state index in [2.05, 4.69) is 14.9 Å². The molecular weight excluding hydrogens is 300 g/mol. The van der Waals surface area contributed by atoms with Crippen LogP contribution in [0.4, 0.5) is 0 Å². The van der Waals surface area contributed by atoms with Gasteiger partial charge in [-0.05, 0) is 19.4 Å². The van der Waals surface area contributed by atoms with E-state index in [1.165, 1.54) is 6.07 Å². The lowest BCUT2D eigenvalue weighted by Gasteiger charge is -2.36. The minimum absolute atomic E-state index is 0.0180. The number of hydrogen-bond acceptors (Lipinski definition) is 5. The molecule has 0 bridgehead atoms. The SMILES string of the molecule is O=C([C@@H]1CCCN(Cc2cc(=O)[nH]c(=O)[nH]2)C1)N1CCOCC1. The highest BCUT2D eigenvalue weighted by molar-refractivity contribution is 5.79. The van der Waals surface area contributed by atoms with Gasteiger partial charge in [-0.3, -0.25) is 19.5 Å². The zero-order chi connectivity index (χ0) is 16.2. The number of piperidine rings is 1. The van der Waals surface area contributed by atoms with Gasteiger partial charge < -0.3 is 14.6 Å². The summed E-state index contributed by atoms with van der Waals surface area (Å²) in [5, 5.41) is 0. The fourth-order valence-electron chi connectivity index (χ4n) is 3.29. The molecule has 0 saturated carbocycles. The number of carbonyl (C=O) groups excluding carboxylic acids is 1. The molecule has 3 rings (SSSR count). The zero-order valence-corrected chi connectivity index (χ0v) is 13.0. The third kappa shape index (κ3) is 4.08. The van der Waals surface area contributed by atoms with E-state index in [9.17, 15) is 14.4 Å². The minimum Gasteiger partial charge on any atom is -0.378 e. The number of rotatable bonds is 3. The minimum atomic E-state index is -0.495. The zero-order valence-electron chi connectivity index (χ0n) is 13.0. The number of aromatic amines is 2. The Labute approximate surface area is 133 Å². The molecule has 0 aromatic carbocycles. The summed E-state index contributed by atoms with van der Waals surface area (Å²) in [6.07, 6.45) is 1.83. The molecule has 2 N–H and O–H groups in total. The van der Waals surface area contributed by atoms with Gasteiger partial charge >= 0.3 is 5.69 Å². The molecule has 0 aliphatic carbocycles. The summed E-state index contributed by atoms with van der Waals surface area (Å²) in [5.74, 6) is 0.174. The molecule has 8 heteroatoms. The van der Waals surface area contributed by atoms with E-state index < -0.39 is 11.2 Å². The highest BCUT2D eigenvalue weighted by Crippen LogP contribution is 2.20. The van der Waals surface area contributed by atoms with Crippen molar-refractivity contribution < 1.29 is 9.53 Å². The van der Waals surface area contributed by atoms with Crippen LogP contribution in [0.1, 0.15) is 18.5 Å². The highest BCUT2D eigenvalue weighted by Gasteiger charge is 2.30. The van der Waals surface area contributed by atoms with E-state index in [0.29, 0.717) is 45.1 Å². The van der Waals surface area contributed by atoms with Gasteiger partial charge in [0, 0.05) is 37.9 Å². The Morgan fingerprint density at radius 2 is 2.00 bits per heavy atom. The van der Waals surface area contributed by atoms with Crippen LogP contribution in [0, 0.1) is 5.92 Å². The molecule has 23 heavy (non-hydrogen) atoms. The molecule has 8 nitrogen and oxygen atoms in total. The number of morpholine rings is 1. The highest BCUT2D eigenvalue weighted by atomic mass is 16.5. The first kappa shape index (κ1) is 15.9. The molecule has 3 heterocycles. The van der Waals surface area contributed by atoms with Crippen molar-refractivity contribution >= 4 is 5.91 Å². The quantitative estimate of drug-likeness (QED) is 0.754. The van der Waals surface area contributed by atoms with Crippen molar-refractivity contribution in [3.63, 3.8) is 0 Å². The molecule has 2 aliphatic heterocycles. The fourth-order valence-corrected chi connectivity index (χ4v) is 3.29. The first-order valence-electron chi connectivity index (χ1n) is 8.03. The predicted molar refractivity (Wildman–Crippen MR) is 83.1 cm³/mol. The number of carbonyl (C=O) groups is 1. The maximum absolute atomic E-state index is 12.6. The van der Waals surface area contributed by atoms with E-state index >= 15 is 0 Å². The van der Waals surface area contributed by atoms with Crippen molar-refractivity contribution in [3.8, 4) is 0 Å². The maximum atomic E-state index is 12.6. The number of nitrogens with one attached hydrogen (secondary N) is 2. The summed E-state index contributed by atoms with van der Waals surface area (Å²) < 4.78 is 5.29. The number of amides is 1. The molecule has 1 aromatic heterocycles. The van der Waals surface area contributed by atoms with Crippen LogP contribution in [-0.2, 0) is 16.1 Å². The van der Waals surface area contributed by atoms with E-state index in [1.807, 2.05) is 4.90 Å². The molecule has 0 unspecified atom stereocenters. The van der Waals surface area contributed by atoms with Gasteiger partial charge in [0.25, 0.3) is 5.56 Å². The summed E-state index contributed by atoms with van der Waals surface area (Å²) in [4.78, 5) is 44.1. The third-order valence-corrected chi connectivity index (χ3v) is 4.39. The number of H-pyrrole nitrogens is 2. The topological polar surface area (TPSA) is 98.5 Å². The van der Waals surface area contributed by atoms with Gasteiger partial charge in [0.1, 0.15) is 0 Å². The van der Waals surface area contributed by atoms with Crippen molar-refractivity contribution in [3.05, 3.63) is 32.6 Å². The summed E-state index contributed by atoms with van der Waals surface area (Å²) in [5.41, 5.74) is -0.314. The second-order valence-electron chi connectivity index (χ2n) is 6.12. The number of ether oxygens (including phenoxy) is 1. The lowest BCUT2D eigenvalue weighted by Crippen LogP contribution is -2.48. The van der Waals surface area contributed by atoms with Crippen LogP contribution < -0.4 is 11.2 Å². The van der Waals surface area contributed by atoms with E-state index in [0.717, 1.165) is 19.4 Å². The molecule has 0 spiro atoms. The summed E-state index contributed by atoms with van der Waals surface area (Å²) in [7, 11) is 0. The first-order chi connectivity index (χ1) is 11.1. The molecule has 0 radical (unpaired) electrons. The van der Waals surface area contributed by atoms with Crippen molar-refractivity contribution in [1.82, 2.24) is 19.8 Å². The molecule has 2 aliphatic rings. The normalized spacial score (nSPS) is 23.0. The average molecular weight is 322 g/mol. The fraction of sp³-hybridized carbons (Fsp3) is 0.667. The molecule has 1 atom stereocenters. The Kier molecular flexibility index (Phi) is 4.92. The molecule has 2 saturated heterocycles. The third-order valence-electron chi connectivity index (χ3n) is 4.39. The van der Waals surface area contributed by atoms with E-state index in [1.54, 1.807) is 0 Å². The van der Waals surface area contributed by atoms with Crippen molar-refractivity contribution in [2.45, 2.75) is 19.4 Å². The van der Waals surface area contributed by atoms with Gasteiger partial charge in [-0.25, -0.2) is 4.79 Å². The van der Waals surface area contributed by atoms with Crippen LogP contribution in [0.2, 0.25) is 0 Å². The Balaban J connectivity index is 1.62. The molecular formula is C15H22N4O4. The van der Waals surface area contributed by atoms with Crippen LogP contribution >= 0.6 is 0 Å². The number of likely N-dealkylation sites (tertiary alicyclic amines) is 1. The molecule has 2 fully saturated rings. The lowest BCUT2D eigenvalue weighted by atomic mass is 9.96. The van der Waals surface area contributed by atoms with Crippen LogP contribution in [0.15, 0.2) is 15.7 Å². The Morgan fingerprint density at radius 3 is 2.74 bits per heavy atom. The summed E-state index contributed by atoms with van der Waals surface area (Å²) in [6, 6.07) is 1.40. The second kappa shape index (κ2) is 7.10. The van der Waals surface area contributed by atoms with Gasteiger partial charge in [0.2, 0.25) is 5.91 Å². The van der Waals surface area contributed by atoms with Gasteiger partial charge in [-0.1, -0.05) is 0 Å². The van der Waals surface area contributed by atoms with Crippen molar-refractivity contribution in [2.24, 2.45) is 5.92 Å². The standard InChI is InChI=1S/C15H22N4O4/c20-13-8-12(16-15(22)17-13)10-18-3-1-2-11(9-18)14(21)19-4-6-23-7-5-19/h8,11H,1-7,9-10H2,(H2,16,17,20,22)/t11-/m1/s1. The number of hydrogen-bond donors (Lipinski definition) is 2. The average Bonchev–Trinajstić information content (AvgIpc) is 2.54. The van der Waals surface area contributed by atoms with Crippen LogP contribution in [0.25, 0.3) is 0 Å². The summed E-state index contributed by atoms with van der Waals surface area (Å²) in [6.45, 7) is 4.54. The largest absolute Gasteiger partial charge is 0.378 e. The lowest BCUT2D eigenvalue weighted by molar-refractivity contribution is -0.141. The monoisotopic (exact) mass is 322 g/mol. The molecule has 1 aromatic rings. The van der Waals surface area contributed by atoms with E-state index in [4.69, 9.17) is 4.74 Å². The Morgan fingerprint density at radius 1 is 1.22 bits per heavy atom. The van der Waals surface area contributed by atoms with Crippen LogP contribution in [0.5, 0.6) is 0 Å². The Bertz CT molecular complexity index is 634. The molecule has 126 valence electrons. The van der Waals surface area contributed by atoms with E-state index in [-0.39, 0.29) is 11.8 Å².